The fourth-order valence-electron chi connectivity index (χ4n) is 2.35. The number of aliphatic carboxylic acids is 1. The van der Waals surface area contributed by atoms with E-state index in [1.165, 1.54) is 0 Å². The van der Waals surface area contributed by atoms with Gasteiger partial charge in [-0.1, -0.05) is 26.2 Å². The third-order valence-electron chi connectivity index (χ3n) is 3.52. The minimum atomic E-state index is -1.01. The lowest BCUT2D eigenvalue weighted by atomic mass is 9.89. The lowest BCUT2D eigenvalue weighted by molar-refractivity contribution is -0.146. The van der Waals surface area contributed by atoms with Gasteiger partial charge in [0.2, 0.25) is 6.41 Å². The van der Waals surface area contributed by atoms with Crippen LogP contribution in [0.2, 0.25) is 0 Å². The molecular weight excluding hydrogens is 194 g/mol. The first kappa shape index (κ1) is 12.0. The van der Waals surface area contributed by atoms with Gasteiger partial charge >= 0.3 is 5.97 Å². The van der Waals surface area contributed by atoms with Gasteiger partial charge in [-0.25, -0.2) is 4.79 Å². The summed E-state index contributed by atoms with van der Waals surface area (Å²) in [6.07, 6.45) is 5.57. The van der Waals surface area contributed by atoms with Crippen LogP contribution >= 0.6 is 0 Å². The van der Waals surface area contributed by atoms with Crippen LogP contribution in [-0.2, 0) is 9.59 Å². The molecule has 1 fully saturated rings. The van der Waals surface area contributed by atoms with E-state index in [9.17, 15) is 14.7 Å². The second-order valence-electron chi connectivity index (χ2n) is 4.35. The molecule has 1 aliphatic carbocycles. The summed E-state index contributed by atoms with van der Waals surface area (Å²) < 4.78 is 0. The van der Waals surface area contributed by atoms with E-state index in [0.29, 0.717) is 25.2 Å². The van der Waals surface area contributed by atoms with E-state index in [-0.39, 0.29) is 0 Å². The predicted octanol–water partition coefficient (Wildman–Crippen LogP) is 1.55. The minimum Gasteiger partial charge on any atom is -0.480 e. The standard InChI is InChI=1S/C11H19NO3/c1-2-9-4-3-6-11(7-5-9,10(14)15)12-8-13/h8-9H,2-7H2,1H3,(H,12,13)(H,14,15). The number of carbonyl (C=O) groups is 2. The molecule has 0 radical (unpaired) electrons. The smallest absolute Gasteiger partial charge is 0.329 e. The molecule has 4 heteroatoms. The number of nitrogens with one attached hydrogen (secondary N) is 1. The first-order valence-electron chi connectivity index (χ1n) is 5.59. The number of hydrogen-bond donors (Lipinski definition) is 2. The van der Waals surface area contributed by atoms with Crippen LogP contribution in [0.25, 0.3) is 0 Å². The van der Waals surface area contributed by atoms with Crippen molar-refractivity contribution < 1.29 is 14.7 Å². The second-order valence-corrected chi connectivity index (χ2v) is 4.35. The van der Waals surface area contributed by atoms with Crippen molar-refractivity contribution in [2.75, 3.05) is 0 Å². The van der Waals surface area contributed by atoms with Gasteiger partial charge in [0.05, 0.1) is 0 Å². The Hall–Kier alpha value is -1.06. The van der Waals surface area contributed by atoms with Crippen molar-refractivity contribution in [3.05, 3.63) is 0 Å². The van der Waals surface area contributed by atoms with E-state index in [2.05, 4.69) is 12.2 Å². The van der Waals surface area contributed by atoms with Gasteiger partial charge in [-0.3, -0.25) is 4.79 Å². The molecule has 1 rings (SSSR count). The van der Waals surface area contributed by atoms with Crippen molar-refractivity contribution in [2.45, 2.75) is 51.0 Å². The molecule has 0 bridgehead atoms. The zero-order valence-electron chi connectivity index (χ0n) is 9.16. The minimum absolute atomic E-state index is 0.514. The maximum absolute atomic E-state index is 11.2. The van der Waals surface area contributed by atoms with E-state index in [4.69, 9.17) is 0 Å². The van der Waals surface area contributed by atoms with Crippen molar-refractivity contribution in [3.8, 4) is 0 Å². The van der Waals surface area contributed by atoms with Crippen LogP contribution in [-0.4, -0.2) is 23.0 Å². The summed E-state index contributed by atoms with van der Waals surface area (Å²) in [5, 5.41) is 11.7. The van der Waals surface area contributed by atoms with Crippen LogP contribution < -0.4 is 5.32 Å². The molecule has 2 N–H and O–H groups in total. The van der Waals surface area contributed by atoms with Crippen molar-refractivity contribution in [2.24, 2.45) is 5.92 Å². The zero-order valence-corrected chi connectivity index (χ0v) is 9.16. The van der Waals surface area contributed by atoms with Gasteiger partial charge in [-0.2, -0.15) is 0 Å². The second kappa shape index (κ2) is 5.14. The van der Waals surface area contributed by atoms with E-state index in [1.807, 2.05) is 0 Å². The molecule has 0 aromatic heterocycles. The molecule has 1 saturated carbocycles. The monoisotopic (exact) mass is 213 g/mol. The highest BCUT2D eigenvalue weighted by molar-refractivity contribution is 5.81. The van der Waals surface area contributed by atoms with Gasteiger partial charge in [-0.05, 0) is 25.2 Å². The fourth-order valence-corrected chi connectivity index (χ4v) is 2.35. The fraction of sp³-hybridized carbons (Fsp3) is 0.818. The van der Waals surface area contributed by atoms with E-state index < -0.39 is 11.5 Å². The van der Waals surface area contributed by atoms with Crippen LogP contribution in [0.1, 0.15) is 45.4 Å². The third kappa shape index (κ3) is 2.70. The Kier molecular flexibility index (Phi) is 4.12. The number of hydrogen-bond acceptors (Lipinski definition) is 2. The Morgan fingerprint density at radius 3 is 2.80 bits per heavy atom. The zero-order chi connectivity index (χ0) is 11.3. The average molecular weight is 213 g/mol. The van der Waals surface area contributed by atoms with Crippen LogP contribution in [0, 0.1) is 5.92 Å². The highest BCUT2D eigenvalue weighted by Crippen LogP contribution is 2.31. The molecule has 0 saturated heterocycles. The number of carboxylic acid groups (broad SMARTS) is 1. The van der Waals surface area contributed by atoms with Crippen molar-refractivity contribution in [1.82, 2.24) is 5.32 Å². The lowest BCUT2D eigenvalue weighted by Gasteiger charge is -2.27. The molecule has 2 atom stereocenters. The Morgan fingerprint density at radius 2 is 2.27 bits per heavy atom. The molecule has 1 amide bonds. The summed E-state index contributed by atoms with van der Waals surface area (Å²) in [7, 11) is 0. The summed E-state index contributed by atoms with van der Waals surface area (Å²) in [4.78, 5) is 21.7. The first-order chi connectivity index (χ1) is 7.14. The Labute approximate surface area is 90.0 Å². The van der Waals surface area contributed by atoms with Crippen LogP contribution in [0.4, 0.5) is 0 Å². The Balaban J connectivity index is 2.72. The van der Waals surface area contributed by atoms with E-state index in [1.54, 1.807) is 0 Å². The number of carbonyl (C=O) groups excluding carboxylic acids is 1. The lowest BCUT2D eigenvalue weighted by Crippen LogP contribution is -2.51. The van der Waals surface area contributed by atoms with Gasteiger partial charge in [0.15, 0.2) is 0 Å². The molecule has 15 heavy (non-hydrogen) atoms. The van der Waals surface area contributed by atoms with E-state index >= 15 is 0 Å². The summed E-state index contributed by atoms with van der Waals surface area (Å²) in [5.41, 5.74) is -1.01. The largest absolute Gasteiger partial charge is 0.480 e. The highest BCUT2D eigenvalue weighted by atomic mass is 16.4. The normalized spacial score (nSPS) is 31.7. The number of rotatable bonds is 4. The summed E-state index contributed by atoms with van der Waals surface area (Å²) in [5.74, 6) is -0.286. The highest BCUT2D eigenvalue weighted by Gasteiger charge is 2.39. The third-order valence-corrected chi connectivity index (χ3v) is 3.52. The summed E-state index contributed by atoms with van der Waals surface area (Å²) in [6.45, 7) is 2.13. The molecule has 2 unspecified atom stereocenters. The van der Waals surface area contributed by atoms with Gasteiger partial charge in [0.25, 0.3) is 0 Å². The van der Waals surface area contributed by atoms with Crippen LogP contribution in [0.15, 0.2) is 0 Å². The Morgan fingerprint density at radius 1 is 1.53 bits per heavy atom. The van der Waals surface area contributed by atoms with Crippen molar-refractivity contribution >= 4 is 12.4 Å². The van der Waals surface area contributed by atoms with Crippen molar-refractivity contribution in [1.29, 1.82) is 0 Å². The molecule has 0 spiro atoms. The van der Waals surface area contributed by atoms with Crippen LogP contribution in [0.5, 0.6) is 0 Å². The quantitative estimate of drug-likeness (QED) is 0.550. The van der Waals surface area contributed by atoms with Gasteiger partial charge in [0.1, 0.15) is 5.54 Å². The molecular formula is C11H19NO3. The molecule has 0 heterocycles. The molecule has 0 aromatic carbocycles. The predicted molar refractivity (Wildman–Crippen MR) is 56.4 cm³/mol. The summed E-state index contributed by atoms with van der Waals surface area (Å²) in [6, 6.07) is 0. The number of carboxylic acids is 1. The van der Waals surface area contributed by atoms with Crippen molar-refractivity contribution in [3.63, 3.8) is 0 Å². The maximum atomic E-state index is 11.2. The van der Waals surface area contributed by atoms with Gasteiger partial charge < -0.3 is 10.4 Å². The first-order valence-corrected chi connectivity index (χ1v) is 5.59. The molecule has 86 valence electrons. The molecule has 0 aromatic rings. The Bertz CT molecular complexity index is 242. The molecule has 0 aliphatic heterocycles. The summed E-state index contributed by atoms with van der Waals surface area (Å²) >= 11 is 0. The maximum Gasteiger partial charge on any atom is 0.329 e. The molecule has 1 aliphatic rings. The van der Waals surface area contributed by atoms with Gasteiger partial charge in [0, 0.05) is 0 Å². The van der Waals surface area contributed by atoms with Crippen LogP contribution in [0.3, 0.4) is 0 Å². The average Bonchev–Trinajstić information content (AvgIpc) is 2.42. The number of amides is 1. The topological polar surface area (TPSA) is 66.4 Å². The SMILES string of the molecule is CCC1CCCC(NC=O)(C(=O)O)CC1. The molecule has 4 nitrogen and oxygen atoms in total. The van der Waals surface area contributed by atoms with E-state index in [0.717, 1.165) is 25.7 Å². The van der Waals surface area contributed by atoms with Gasteiger partial charge in [-0.15, -0.1) is 0 Å².